The van der Waals surface area contributed by atoms with Crippen molar-refractivity contribution in [1.82, 2.24) is 10.2 Å². The second kappa shape index (κ2) is 13.4. The number of anilines is 1. The van der Waals surface area contributed by atoms with Crippen LogP contribution in [0.1, 0.15) is 11.1 Å². The largest absolute Gasteiger partial charge is 0.357 e. The SMILES string of the molecule is CNC(=O)C(Cc1ccccc1)N(Cc1ccccc1F)C(=O)CN(c1ccc(Cl)cc1)S(=O)(=O)c1ccccc1. The van der Waals surface area contributed by atoms with Gasteiger partial charge < -0.3 is 10.2 Å². The summed E-state index contributed by atoms with van der Waals surface area (Å²) >= 11 is 6.06. The van der Waals surface area contributed by atoms with Gasteiger partial charge in [-0.25, -0.2) is 12.8 Å². The number of amides is 2. The summed E-state index contributed by atoms with van der Waals surface area (Å²) in [6.45, 7) is -0.897. The van der Waals surface area contributed by atoms with Gasteiger partial charge in [-0.05, 0) is 48.0 Å². The second-order valence-electron chi connectivity index (χ2n) is 9.23. The van der Waals surface area contributed by atoms with E-state index in [2.05, 4.69) is 5.32 Å². The Labute approximate surface area is 244 Å². The molecule has 4 aromatic rings. The van der Waals surface area contributed by atoms with E-state index in [0.29, 0.717) is 5.02 Å². The summed E-state index contributed by atoms with van der Waals surface area (Å²) in [7, 11) is -2.77. The van der Waals surface area contributed by atoms with Crippen LogP contribution in [-0.2, 0) is 32.6 Å². The van der Waals surface area contributed by atoms with Crippen LogP contribution >= 0.6 is 11.6 Å². The van der Waals surface area contributed by atoms with Gasteiger partial charge in [0.05, 0.1) is 10.6 Å². The molecule has 7 nitrogen and oxygen atoms in total. The second-order valence-corrected chi connectivity index (χ2v) is 11.5. The zero-order valence-corrected chi connectivity index (χ0v) is 23.9. The van der Waals surface area contributed by atoms with Crippen LogP contribution in [0, 0.1) is 5.82 Å². The highest BCUT2D eigenvalue weighted by atomic mass is 35.5. The molecule has 10 heteroatoms. The molecule has 0 aromatic heterocycles. The number of nitrogens with zero attached hydrogens (tertiary/aromatic N) is 2. The molecule has 0 aliphatic rings. The number of rotatable bonds is 11. The fraction of sp³-hybridized carbons (Fsp3) is 0.161. The van der Waals surface area contributed by atoms with Gasteiger partial charge in [0.2, 0.25) is 11.8 Å². The Balaban J connectivity index is 1.78. The van der Waals surface area contributed by atoms with Crippen molar-refractivity contribution in [2.45, 2.75) is 23.9 Å². The quantitative estimate of drug-likeness (QED) is 0.263. The van der Waals surface area contributed by atoms with Crippen LogP contribution in [0.3, 0.4) is 0 Å². The number of carbonyl (C=O) groups excluding carboxylic acids is 2. The Hall–Kier alpha value is -4.21. The van der Waals surface area contributed by atoms with Gasteiger partial charge in [-0.1, -0.05) is 78.3 Å². The molecule has 1 N–H and O–H groups in total. The van der Waals surface area contributed by atoms with Gasteiger partial charge in [0.15, 0.2) is 0 Å². The molecule has 0 fully saturated rings. The molecule has 212 valence electrons. The molecule has 2 amide bonds. The highest BCUT2D eigenvalue weighted by Gasteiger charge is 2.34. The average molecular weight is 594 g/mol. The molecule has 0 spiro atoms. The van der Waals surface area contributed by atoms with Crippen molar-refractivity contribution < 1.29 is 22.4 Å². The molecule has 4 rings (SSSR count). The zero-order chi connectivity index (χ0) is 29.4. The highest BCUT2D eigenvalue weighted by molar-refractivity contribution is 7.92. The molecule has 4 aromatic carbocycles. The molecule has 0 radical (unpaired) electrons. The van der Waals surface area contributed by atoms with Crippen LogP contribution in [0.5, 0.6) is 0 Å². The minimum Gasteiger partial charge on any atom is -0.357 e. The van der Waals surface area contributed by atoms with Crippen LogP contribution in [0.25, 0.3) is 0 Å². The molecule has 0 bridgehead atoms. The van der Waals surface area contributed by atoms with Gasteiger partial charge in [-0.15, -0.1) is 0 Å². The molecule has 0 aliphatic carbocycles. The molecular weight excluding hydrogens is 565 g/mol. The van der Waals surface area contributed by atoms with Crippen LogP contribution in [0.4, 0.5) is 10.1 Å². The summed E-state index contributed by atoms with van der Waals surface area (Å²) in [5.41, 5.74) is 1.17. The first-order valence-corrected chi connectivity index (χ1v) is 14.6. The van der Waals surface area contributed by atoms with E-state index in [-0.39, 0.29) is 29.1 Å². The summed E-state index contributed by atoms with van der Waals surface area (Å²) in [5.74, 6) is -1.71. The van der Waals surface area contributed by atoms with E-state index in [1.807, 2.05) is 30.3 Å². The van der Waals surface area contributed by atoms with Crippen molar-refractivity contribution in [2.24, 2.45) is 0 Å². The number of hydrogen-bond donors (Lipinski definition) is 1. The molecule has 0 aliphatic heterocycles. The average Bonchev–Trinajstić information content (AvgIpc) is 2.99. The molecule has 41 heavy (non-hydrogen) atoms. The normalized spacial score (nSPS) is 11.9. The maximum Gasteiger partial charge on any atom is 0.264 e. The Morgan fingerprint density at radius 1 is 0.854 bits per heavy atom. The first-order valence-electron chi connectivity index (χ1n) is 12.8. The highest BCUT2D eigenvalue weighted by Crippen LogP contribution is 2.26. The number of carbonyl (C=O) groups is 2. The fourth-order valence-corrected chi connectivity index (χ4v) is 5.95. The van der Waals surface area contributed by atoms with Crippen molar-refractivity contribution in [3.05, 3.63) is 131 Å². The first kappa shape index (κ1) is 29.8. The van der Waals surface area contributed by atoms with Crippen molar-refractivity contribution in [1.29, 1.82) is 0 Å². The van der Waals surface area contributed by atoms with E-state index in [0.717, 1.165) is 9.87 Å². The number of halogens is 2. The van der Waals surface area contributed by atoms with Crippen molar-refractivity contribution >= 4 is 39.1 Å². The van der Waals surface area contributed by atoms with Crippen LogP contribution in [0.2, 0.25) is 5.02 Å². The summed E-state index contributed by atoms with van der Waals surface area (Å²) in [5, 5.41) is 2.98. The Morgan fingerprint density at radius 3 is 2.05 bits per heavy atom. The third kappa shape index (κ3) is 7.31. The summed E-state index contributed by atoms with van der Waals surface area (Å²) in [6.07, 6.45) is 0.132. The van der Waals surface area contributed by atoms with E-state index < -0.39 is 40.2 Å². The predicted molar refractivity (Wildman–Crippen MR) is 157 cm³/mol. The Morgan fingerprint density at radius 2 is 1.44 bits per heavy atom. The predicted octanol–water partition coefficient (Wildman–Crippen LogP) is 5.06. The fourth-order valence-electron chi connectivity index (χ4n) is 4.39. The topological polar surface area (TPSA) is 86.8 Å². The summed E-state index contributed by atoms with van der Waals surface area (Å²) in [6, 6.07) is 27.8. The van der Waals surface area contributed by atoms with Gasteiger partial charge >= 0.3 is 0 Å². The maximum absolute atomic E-state index is 14.8. The van der Waals surface area contributed by atoms with E-state index in [1.165, 1.54) is 66.5 Å². The smallest absolute Gasteiger partial charge is 0.264 e. The van der Waals surface area contributed by atoms with E-state index in [9.17, 15) is 22.4 Å². The number of hydrogen-bond acceptors (Lipinski definition) is 4. The Kier molecular flexibility index (Phi) is 9.75. The number of nitrogens with one attached hydrogen (secondary N) is 1. The van der Waals surface area contributed by atoms with E-state index in [4.69, 9.17) is 11.6 Å². The van der Waals surface area contributed by atoms with Crippen LogP contribution in [-0.4, -0.2) is 44.8 Å². The molecule has 0 saturated heterocycles. The number of likely N-dealkylation sites (N-methyl/N-ethyl adjacent to an activating group) is 1. The molecule has 1 atom stereocenters. The lowest BCUT2D eigenvalue weighted by Crippen LogP contribution is -2.53. The molecule has 0 saturated carbocycles. The number of sulfonamides is 1. The lowest BCUT2D eigenvalue weighted by molar-refractivity contribution is -0.139. The van der Waals surface area contributed by atoms with Crippen molar-refractivity contribution in [3.8, 4) is 0 Å². The van der Waals surface area contributed by atoms with Crippen molar-refractivity contribution in [3.63, 3.8) is 0 Å². The van der Waals surface area contributed by atoms with E-state index >= 15 is 0 Å². The van der Waals surface area contributed by atoms with E-state index in [1.54, 1.807) is 24.3 Å². The first-order chi connectivity index (χ1) is 19.7. The minimum atomic E-state index is -4.22. The summed E-state index contributed by atoms with van der Waals surface area (Å²) in [4.78, 5) is 28.5. The van der Waals surface area contributed by atoms with Gasteiger partial charge in [-0.3, -0.25) is 13.9 Å². The van der Waals surface area contributed by atoms with Crippen LogP contribution < -0.4 is 9.62 Å². The van der Waals surface area contributed by atoms with Gasteiger partial charge in [0.1, 0.15) is 18.4 Å². The molecule has 0 heterocycles. The molecular formula is C31H29ClFN3O4S. The third-order valence-corrected chi connectivity index (χ3v) is 8.58. The van der Waals surface area contributed by atoms with Gasteiger partial charge in [0, 0.05) is 30.6 Å². The lowest BCUT2D eigenvalue weighted by atomic mass is 10.0. The monoisotopic (exact) mass is 593 g/mol. The minimum absolute atomic E-state index is 0.0180. The third-order valence-electron chi connectivity index (χ3n) is 6.54. The number of benzene rings is 4. The summed E-state index contributed by atoms with van der Waals surface area (Å²) < 4.78 is 43.4. The lowest BCUT2D eigenvalue weighted by Gasteiger charge is -2.33. The maximum atomic E-state index is 14.8. The van der Waals surface area contributed by atoms with Gasteiger partial charge in [-0.2, -0.15) is 0 Å². The zero-order valence-electron chi connectivity index (χ0n) is 22.3. The molecule has 1 unspecified atom stereocenters. The van der Waals surface area contributed by atoms with Crippen molar-refractivity contribution in [2.75, 3.05) is 17.9 Å². The van der Waals surface area contributed by atoms with Gasteiger partial charge in [0.25, 0.3) is 10.0 Å². The Bertz CT molecular complexity index is 1590. The standard InChI is InChI=1S/C31H29ClFN3O4S/c1-34-31(38)29(20-23-10-4-2-5-11-23)35(21-24-12-8-9-15-28(24)33)30(37)22-36(26-18-16-25(32)17-19-26)41(39,40)27-13-6-3-7-14-27/h2-19,29H,20-22H2,1H3,(H,34,38). The van der Waals surface area contributed by atoms with Crippen LogP contribution in [0.15, 0.2) is 114 Å².